The topological polar surface area (TPSA) is 111 Å². The van der Waals surface area contributed by atoms with Crippen molar-refractivity contribution >= 4 is 34.0 Å². The number of aromatic nitrogens is 1. The van der Waals surface area contributed by atoms with Gasteiger partial charge in [0.1, 0.15) is 23.3 Å². The maximum Gasteiger partial charge on any atom is 0.301 e. The second-order valence-corrected chi connectivity index (χ2v) is 8.48. The molecule has 0 bridgehead atoms. The first-order valence-electron chi connectivity index (χ1n) is 11.4. The summed E-state index contributed by atoms with van der Waals surface area (Å²) in [5, 5.41) is 17.2. The van der Waals surface area contributed by atoms with Crippen molar-refractivity contribution < 1.29 is 33.4 Å². The van der Waals surface area contributed by atoms with Crippen LogP contribution in [0.4, 0.5) is 5.82 Å². The van der Waals surface area contributed by atoms with Crippen molar-refractivity contribution in [3.05, 3.63) is 83.1 Å². The maximum absolute atomic E-state index is 13.4. The van der Waals surface area contributed by atoms with Crippen LogP contribution < -0.4 is 19.1 Å². The van der Waals surface area contributed by atoms with Crippen LogP contribution in [0.25, 0.3) is 16.5 Å². The number of ketones is 1. The van der Waals surface area contributed by atoms with Gasteiger partial charge in [0.25, 0.3) is 5.78 Å². The molecule has 1 fully saturated rings. The molecule has 37 heavy (non-hydrogen) atoms. The molecule has 1 N–H and O–H groups in total. The Kier molecular flexibility index (Phi) is 6.04. The highest BCUT2D eigenvalue weighted by Crippen LogP contribution is 2.47. The van der Waals surface area contributed by atoms with Gasteiger partial charge in [0.15, 0.2) is 17.3 Å². The molecule has 0 radical (unpaired) electrons. The molecule has 9 heteroatoms. The predicted octanol–water partition coefficient (Wildman–Crippen LogP) is 4.79. The maximum atomic E-state index is 13.4. The number of ether oxygens (including phenoxy) is 3. The van der Waals surface area contributed by atoms with E-state index < -0.39 is 17.7 Å². The normalized spacial score (nSPS) is 16.9. The molecule has 1 amide bonds. The Balaban J connectivity index is 1.75. The molecule has 4 aromatic rings. The highest BCUT2D eigenvalue weighted by molar-refractivity contribution is 6.51. The van der Waals surface area contributed by atoms with E-state index in [-0.39, 0.29) is 17.2 Å². The monoisotopic (exact) mass is 500 g/mol. The second-order valence-electron chi connectivity index (χ2n) is 8.48. The van der Waals surface area contributed by atoms with Crippen LogP contribution in [0.15, 0.2) is 70.8 Å². The number of para-hydroxylation sites is 1. The molecule has 2 heterocycles. The van der Waals surface area contributed by atoms with Gasteiger partial charge in [-0.3, -0.25) is 14.5 Å². The Morgan fingerprint density at radius 2 is 1.70 bits per heavy atom. The zero-order valence-corrected chi connectivity index (χ0v) is 20.6. The summed E-state index contributed by atoms with van der Waals surface area (Å²) in [6, 6.07) is 16.4. The average molecular weight is 501 g/mol. The molecule has 1 aromatic heterocycles. The molecule has 0 saturated carbocycles. The van der Waals surface area contributed by atoms with Crippen molar-refractivity contribution in [1.82, 2.24) is 5.16 Å². The van der Waals surface area contributed by atoms with Gasteiger partial charge in [-0.25, -0.2) is 0 Å². The number of benzene rings is 3. The van der Waals surface area contributed by atoms with Gasteiger partial charge in [-0.1, -0.05) is 35.5 Å². The third kappa shape index (κ3) is 3.94. The van der Waals surface area contributed by atoms with Crippen LogP contribution in [0.5, 0.6) is 17.2 Å². The molecule has 1 saturated heterocycles. The highest BCUT2D eigenvalue weighted by Gasteiger charge is 2.49. The fourth-order valence-electron chi connectivity index (χ4n) is 4.61. The minimum atomic E-state index is -1.05. The van der Waals surface area contributed by atoms with Gasteiger partial charge in [0, 0.05) is 17.2 Å². The molecule has 1 aliphatic rings. The Morgan fingerprint density at radius 3 is 2.38 bits per heavy atom. The van der Waals surface area contributed by atoms with E-state index in [4.69, 9.17) is 18.7 Å². The van der Waals surface area contributed by atoms with E-state index in [0.29, 0.717) is 34.1 Å². The zero-order valence-electron chi connectivity index (χ0n) is 20.6. The number of nitrogens with zero attached hydrogens (tertiary/aromatic N) is 2. The van der Waals surface area contributed by atoms with Gasteiger partial charge >= 0.3 is 5.91 Å². The number of hydrogen-bond donors (Lipinski definition) is 1. The van der Waals surface area contributed by atoms with Crippen LogP contribution >= 0.6 is 0 Å². The largest absolute Gasteiger partial charge is 0.507 e. The van der Waals surface area contributed by atoms with E-state index in [1.165, 1.54) is 19.1 Å². The molecule has 9 nitrogen and oxygen atoms in total. The number of aliphatic hydroxyl groups is 1. The molecule has 1 aliphatic heterocycles. The van der Waals surface area contributed by atoms with Crippen LogP contribution in [0.2, 0.25) is 0 Å². The van der Waals surface area contributed by atoms with Crippen molar-refractivity contribution in [3.63, 3.8) is 0 Å². The third-order valence-electron chi connectivity index (χ3n) is 6.36. The smallest absolute Gasteiger partial charge is 0.301 e. The van der Waals surface area contributed by atoms with Crippen LogP contribution in [-0.4, -0.2) is 43.3 Å². The summed E-state index contributed by atoms with van der Waals surface area (Å²) in [6.07, 6.45) is 0. The molecular formula is C28H24N2O7. The van der Waals surface area contributed by atoms with Gasteiger partial charge in [0.2, 0.25) is 0 Å². The van der Waals surface area contributed by atoms with Gasteiger partial charge in [-0.05, 0) is 42.0 Å². The van der Waals surface area contributed by atoms with Gasteiger partial charge in [0.05, 0.1) is 26.9 Å². The summed E-state index contributed by atoms with van der Waals surface area (Å²) in [4.78, 5) is 28.0. The standard InChI is InChI=1S/C28H24N2O7/c1-15-12-22(29-37-15)30-24(20-6-5-7-21(35-3)27(20)36-4)23(26(32)28(30)33)25(31)18-9-8-17-14-19(34-2)11-10-16(17)13-18/h5-14,24,31H,1-4H3/b25-23+. The summed E-state index contributed by atoms with van der Waals surface area (Å²) in [5.74, 6) is -0.0209. The molecule has 188 valence electrons. The number of hydrogen-bond acceptors (Lipinski definition) is 8. The number of rotatable bonds is 6. The summed E-state index contributed by atoms with van der Waals surface area (Å²) in [6.45, 7) is 1.68. The minimum absolute atomic E-state index is 0.106. The molecular weight excluding hydrogens is 476 g/mol. The first-order valence-corrected chi connectivity index (χ1v) is 11.4. The molecule has 0 spiro atoms. The number of Topliss-reactive ketones (excluding diaryl/α,β-unsaturated/α-hetero) is 1. The van der Waals surface area contributed by atoms with Crippen LogP contribution in [0.1, 0.15) is 22.9 Å². The van der Waals surface area contributed by atoms with E-state index in [9.17, 15) is 14.7 Å². The highest BCUT2D eigenvalue weighted by atomic mass is 16.5. The Morgan fingerprint density at radius 1 is 0.946 bits per heavy atom. The van der Waals surface area contributed by atoms with Crippen LogP contribution in [-0.2, 0) is 9.59 Å². The van der Waals surface area contributed by atoms with Crippen molar-refractivity contribution in [3.8, 4) is 17.2 Å². The Bertz CT molecular complexity index is 1570. The first-order chi connectivity index (χ1) is 17.9. The number of amides is 1. The Hall–Kier alpha value is -4.79. The van der Waals surface area contributed by atoms with Crippen molar-refractivity contribution in [2.75, 3.05) is 26.2 Å². The summed E-state index contributed by atoms with van der Waals surface area (Å²) >= 11 is 0. The average Bonchev–Trinajstić information content (AvgIpc) is 3.46. The number of aliphatic hydroxyl groups excluding tert-OH is 1. The van der Waals surface area contributed by atoms with E-state index >= 15 is 0 Å². The molecule has 3 aromatic carbocycles. The Labute approximate surface area is 212 Å². The first kappa shape index (κ1) is 23.9. The van der Waals surface area contributed by atoms with Gasteiger partial charge in [-0.2, -0.15) is 0 Å². The lowest BCUT2D eigenvalue weighted by Gasteiger charge is -2.25. The summed E-state index contributed by atoms with van der Waals surface area (Å²) in [5.41, 5.74) is 0.706. The van der Waals surface area contributed by atoms with E-state index in [0.717, 1.165) is 10.8 Å². The predicted molar refractivity (Wildman–Crippen MR) is 136 cm³/mol. The zero-order chi connectivity index (χ0) is 26.3. The molecule has 0 aliphatic carbocycles. The van der Waals surface area contributed by atoms with Crippen LogP contribution in [0.3, 0.4) is 0 Å². The summed E-state index contributed by atoms with van der Waals surface area (Å²) < 4.78 is 21.5. The van der Waals surface area contributed by atoms with Crippen molar-refractivity contribution in [1.29, 1.82) is 0 Å². The molecule has 1 atom stereocenters. The van der Waals surface area contributed by atoms with Crippen molar-refractivity contribution in [2.24, 2.45) is 0 Å². The van der Waals surface area contributed by atoms with Gasteiger partial charge < -0.3 is 23.8 Å². The fraction of sp³-hybridized carbons (Fsp3) is 0.179. The number of carbonyl (C=O) groups excluding carboxylic acids is 2. The SMILES string of the molecule is COc1ccc2cc(/C(O)=C3\C(=O)C(=O)N(c4cc(C)on4)C3c3cccc(OC)c3OC)ccc2c1. The van der Waals surface area contributed by atoms with E-state index in [1.54, 1.807) is 56.5 Å². The van der Waals surface area contributed by atoms with Crippen LogP contribution in [0, 0.1) is 6.92 Å². The summed E-state index contributed by atoms with van der Waals surface area (Å²) in [7, 11) is 4.54. The van der Waals surface area contributed by atoms with E-state index in [1.807, 2.05) is 18.2 Å². The quantitative estimate of drug-likeness (QED) is 0.229. The molecule has 5 rings (SSSR count). The molecule has 1 unspecified atom stereocenters. The number of aryl methyl sites for hydroxylation is 1. The number of anilines is 1. The minimum Gasteiger partial charge on any atom is -0.507 e. The third-order valence-corrected chi connectivity index (χ3v) is 6.36. The second kappa shape index (κ2) is 9.34. The van der Waals surface area contributed by atoms with Crippen molar-refractivity contribution in [2.45, 2.75) is 13.0 Å². The number of carbonyl (C=O) groups is 2. The fourth-order valence-corrected chi connectivity index (χ4v) is 4.61. The number of methoxy groups -OCH3 is 3. The van der Waals surface area contributed by atoms with E-state index in [2.05, 4.69) is 5.16 Å². The van der Waals surface area contributed by atoms with Gasteiger partial charge in [-0.15, -0.1) is 0 Å². The number of fused-ring (bicyclic) bond motifs is 1. The lowest BCUT2D eigenvalue weighted by molar-refractivity contribution is -0.132. The lowest BCUT2D eigenvalue weighted by Crippen LogP contribution is -2.30. The lowest BCUT2D eigenvalue weighted by atomic mass is 9.93.